The van der Waals surface area contributed by atoms with Gasteiger partial charge in [0, 0.05) is 18.6 Å². The predicted octanol–water partition coefficient (Wildman–Crippen LogP) is 3.45. The summed E-state index contributed by atoms with van der Waals surface area (Å²) in [6.45, 7) is 2.39. The average molecular weight is 327 g/mol. The molecular formula is C20H29N3O. The van der Waals surface area contributed by atoms with Gasteiger partial charge in [-0.2, -0.15) is 0 Å². The number of fused-ring (bicyclic) bond motifs is 1. The molecular weight excluding hydrogens is 298 g/mol. The largest absolute Gasteiger partial charge is 0.335 e. The van der Waals surface area contributed by atoms with Crippen LogP contribution in [0, 0.1) is 5.92 Å². The number of urea groups is 1. The highest BCUT2D eigenvalue weighted by Gasteiger charge is 2.33. The van der Waals surface area contributed by atoms with Crippen molar-refractivity contribution in [1.82, 2.24) is 15.5 Å². The van der Waals surface area contributed by atoms with Gasteiger partial charge in [0.25, 0.3) is 0 Å². The van der Waals surface area contributed by atoms with Crippen LogP contribution in [0.4, 0.5) is 4.79 Å². The van der Waals surface area contributed by atoms with Gasteiger partial charge in [-0.3, -0.25) is 0 Å². The molecule has 24 heavy (non-hydrogen) atoms. The molecule has 1 aliphatic carbocycles. The molecule has 4 nitrogen and oxygen atoms in total. The molecule has 3 fully saturated rings. The normalized spacial score (nSPS) is 28.7. The van der Waals surface area contributed by atoms with Gasteiger partial charge in [0.2, 0.25) is 0 Å². The van der Waals surface area contributed by atoms with Crippen LogP contribution in [0.3, 0.4) is 0 Å². The summed E-state index contributed by atoms with van der Waals surface area (Å²) in [6, 6.07) is 11.7. The summed E-state index contributed by atoms with van der Waals surface area (Å²) >= 11 is 0. The molecule has 2 heterocycles. The third-order valence-corrected chi connectivity index (χ3v) is 6.22. The summed E-state index contributed by atoms with van der Waals surface area (Å²) in [4.78, 5) is 15.2. The number of rotatable bonds is 4. The Morgan fingerprint density at radius 1 is 1.04 bits per heavy atom. The highest BCUT2D eigenvalue weighted by molar-refractivity contribution is 5.74. The summed E-state index contributed by atoms with van der Waals surface area (Å²) in [5.41, 5.74) is 1.24. The van der Waals surface area contributed by atoms with E-state index in [9.17, 15) is 4.79 Å². The quantitative estimate of drug-likeness (QED) is 0.889. The molecule has 3 aliphatic rings. The molecule has 2 aliphatic heterocycles. The maximum atomic E-state index is 12.6. The molecule has 1 aromatic rings. The van der Waals surface area contributed by atoms with Crippen molar-refractivity contribution in [3.63, 3.8) is 0 Å². The van der Waals surface area contributed by atoms with Gasteiger partial charge in [0.1, 0.15) is 0 Å². The van der Waals surface area contributed by atoms with Crippen LogP contribution in [0.2, 0.25) is 0 Å². The van der Waals surface area contributed by atoms with Gasteiger partial charge >= 0.3 is 6.03 Å². The van der Waals surface area contributed by atoms with Crippen molar-refractivity contribution in [2.75, 3.05) is 13.1 Å². The van der Waals surface area contributed by atoms with Gasteiger partial charge in [-0.25, -0.2) is 4.79 Å². The van der Waals surface area contributed by atoms with Crippen molar-refractivity contribution >= 4 is 6.03 Å². The Morgan fingerprint density at radius 2 is 1.88 bits per heavy atom. The first-order chi connectivity index (χ1) is 11.8. The van der Waals surface area contributed by atoms with Crippen LogP contribution in [0.5, 0.6) is 0 Å². The van der Waals surface area contributed by atoms with Gasteiger partial charge in [0.15, 0.2) is 0 Å². The van der Waals surface area contributed by atoms with Crippen molar-refractivity contribution in [1.29, 1.82) is 0 Å². The number of piperidine rings is 1. The lowest BCUT2D eigenvalue weighted by Crippen LogP contribution is -2.51. The average Bonchev–Trinajstić information content (AvgIpc) is 3.01. The Kier molecular flexibility index (Phi) is 4.74. The topological polar surface area (TPSA) is 44.4 Å². The van der Waals surface area contributed by atoms with Gasteiger partial charge in [-0.1, -0.05) is 36.8 Å². The highest BCUT2D eigenvalue weighted by atomic mass is 16.2. The van der Waals surface area contributed by atoms with E-state index in [0.29, 0.717) is 18.0 Å². The van der Waals surface area contributed by atoms with Crippen LogP contribution in [0.15, 0.2) is 30.3 Å². The van der Waals surface area contributed by atoms with Gasteiger partial charge < -0.3 is 15.5 Å². The minimum absolute atomic E-state index is 0.0206. The van der Waals surface area contributed by atoms with Crippen LogP contribution in [-0.4, -0.2) is 36.1 Å². The molecule has 0 unspecified atom stereocenters. The van der Waals surface area contributed by atoms with E-state index < -0.39 is 0 Å². The van der Waals surface area contributed by atoms with Crippen LogP contribution in [-0.2, 0) is 0 Å². The number of carbonyl (C=O) groups is 1. The molecule has 0 aromatic heterocycles. The number of carbonyl (C=O) groups excluding carboxylic acids is 1. The number of hydrogen-bond acceptors (Lipinski definition) is 2. The van der Waals surface area contributed by atoms with E-state index in [-0.39, 0.29) is 12.1 Å². The third-order valence-electron chi connectivity index (χ3n) is 6.22. The van der Waals surface area contributed by atoms with Crippen molar-refractivity contribution in [3.05, 3.63) is 35.9 Å². The van der Waals surface area contributed by atoms with Crippen molar-refractivity contribution < 1.29 is 4.79 Å². The van der Waals surface area contributed by atoms with Crippen molar-refractivity contribution in [2.45, 2.75) is 63.1 Å². The van der Waals surface area contributed by atoms with E-state index in [0.717, 1.165) is 19.4 Å². The molecule has 1 saturated carbocycles. The minimum atomic E-state index is 0.0206. The van der Waals surface area contributed by atoms with Gasteiger partial charge in [0.05, 0.1) is 6.04 Å². The Hall–Kier alpha value is -1.55. The number of amides is 2. The number of benzene rings is 1. The van der Waals surface area contributed by atoms with E-state index in [1.165, 1.54) is 44.2 Å². The Labute approximate surface area is 145 Å². The molecule has 4 rings (SSSR count). The zero-order valence-corrected chi connectivity index (χ0v) is 14.4. The van der Waals surface area contributed by atoms with Crippen LogP contribution >= 0.6 is 0 Å². The number of nitrogens with one attached hydrogen (secondary N) is 2. The summed E-state index contributed by atoms with van der Waals surface area (Å²) in [7, 11) is 0. The Balaban J connectivity index is 1.35. The molecule has 2 amide bonds. The van der Waals surface area contributed by atoms with E-state index in [1.807, 2.05) is 6.07 Å². The lowest BCUT2D eigenvalue weighted by molar-refractivity contribution is 0.162. The lowest BCUT2D eigenvalue weighted by Gasteiger charge is -2.37. The smallest absolute Gasteiger partial charge is 0.315 e. The summed E-state index contributed by atoms with van der Waals surface area (Å²) in [5, 5.41) is 6.54. The maximum Gasteiger partial charge on any atom is 0.315 e. The van der Waals surface area contributed by atoms with Gasteiger partial charge in [-0.15, -0.1) is 0 Å². The summed E-state index contributed by atoms with van der Waals surface area (Å²) in [5.74, 6) is 0.592. The second-order valence-electron chi connectivity index (χ2n) is 7.75. The lowest BCUT2D eigenvalue weighted by atomic mass is 9.77. The van der Waals surface area contributed by atoms with E-state index in [1.54, 1.807) is 0 Å². The highest BCUT2D eigenvalue weighted by Crippen LogP contribution is 2.37. The predicted molar refractivity (Wildman–Crippen MR) is 95.8 cm³/mol. The number of hydrogen-bond donors (Lipinski definition) is 2. The molecule has 3 atom stereocenters. The van der Waals surface area contributed by atoms with Crippen LogP contribution in [0.1, 0.15) is 56.6 Å². The molecule has 0 radical (unpaired) electrons. The molecule has 2 N–H and O–H groups in total. The third kappa shape index (κ3) is 3.44. The van der Waals surface area contributed by atoms with Crippen LogP contribution in [0.25, 0.3) is 0 Å². The molecule has 4 heteroatoms. The Bertz CT molecular complexity index is 557. The number of nitrogens with zero attached hydrogens (tertiary/aromatic N) is 1. The Morgan fingerprint density at radius 3 is 2.62 bits per heavy atom. The fourth-order valence-electron chi connectivity index (χ4n) is 4.63. The van der Waals surface area contributed by atoms with Gasteiger partial charge in [-0.05, 0) is 56.6 Å². The standard InChI is InChI=1S/C20H29N3O/c24-20(21-17-11-13-23-12-5-10-18(23)14-17)22-19(16-8-4-9-16)15-6-2-1-3-7-15/h1-3,6-7,16-19H,4-5,8-14H2,(H2,21,22,24)/t17-,18+,19-/m1/s1. The van der Waals surface area contributed by atoms with Crippen molar-refractivity contribution in [2.24, 2.45) is 5.92 Å². The molecule has 130 valence electrons. The zero-order chi connectivity index (χ0) is 16.4. The van der Waals surface area contributed by atoms with E-state index in [2.05, 4.69) is 39.8 Å². The summed E-state index contributed by atoms with van der Waals surface area (Å²) in [6.07, 6.45) is 8.56. The molecule has 0 spiro atoms. The van der Waals surface area contributed by atoms with Crippen molar-refractivity contribution in [3.8, 4) is 0 Å². The molecule has 0 bridgehead atoms. The first-order valence-electron chi connectivity index (χ1n) is 9.65. The second-order valence-corrected chi connectivity index (χ2v) is 7.75. The van der Waals surface area contributed by atoms with Crippen LogP contribution < -0.4 is 10.6 Å². The fraction of sp³-hybridized carbons (Fsp3) is 0.650. The maximum absolute atomic E-state index is 12.6. The SMILES string of the molecule is O=C(N[C@@H]1CCN2CCC[C@H]2C1)N[C@H](c1ccccc1)C1CCC1. The fourth-order valence-corrected chi connectivity index (χ4v) is 4.63. The summed E-state index contributed by atoms with van der Waals surface area (Å²) < 4.78 is 0. The molecule has 1 aromatic carbocycles. The monoisotopic (exact) mass is 327 g/mol. The first-order valence-corrected chi connectivity index (χ1v) is 9.65. The minimum Gasteiger partial charge on any atom is -0.335 e. The first kappa shape index (κ1) is 15.9. The van der Waals surface area contributed by atoms with E-state index in [4.69, 9.17) is 0 Å². The van der Waals surface area contributed by atoms with E-state index >= 15 is 0 Å². The zero-order valence-electron chi connectivity index (χ0n) is 14.4. The second kappa shape index (κ2) is 7.14. The molecule has 2 saturated heterocycles.